The lowest BCUT2D eigenvalue weighted by molar-refractivity contribution is 0.132. The number of nitrogens with zero attached hydrogens (tertiary/aromatic N) is 4. The molecule has 0 bridgehead atoms. The maximum atomic E-state index is 5.82. The summed E-state index contributed by atoms with van der Waals surface area (Å²) in [7, 11) is 0. The molecule has 7 heteroatoms. The van der Waals surface area contributed by atoms with Crippen molar-refractivity contribution in [2.45, 2.75) is 30.4 Å². The Bertz CT molecular complexity index is 1170. The van der Waals surface area contributed by atoms with Gasteiger partial charge in [-0.2, -0.15) is 5.10 Å². The van der Waals surface area contributed by atoms with E-state index in [-0.39, 0.29) is 0 Å². The molecule has 0 unspecified atom stereocenters. The van der Waals surface area contributed by atoms with Crippen LogP contribution in [0.3, 0.4) is 0 Å². The van der Waals surface area contributed by atoms with Crippen molar-refractivity contribution in [3.8, 4) is 5.69 Å². The van der Waals surface area contributed by atoms with Crippen LogP contribution >= 0.6 is 23.4 Å². The van der Waals surface area contributed by atoms with Gasteiger partial charge in [0, 0.05) is 16.7 Å². The molecule has 0 aliphatic rings. The third kappa shape index (κ3) is 5.34. The molecule has 4 aromatic rings. The van der Waals surface area contributed by atoms with Gasteiger partial charge in [-0.15, -0.1) is 0 Å². The van der Waals surface area contributed by atoms with Gasteiger partial charge in [0.1, 0.15) is 16.8 Å². The van der Waals surface area contributed by atoms with Crippen LogP contribution in [-0.2, 0) is 11.4 Å². The quantitative estimate of drug-likeness (QED) is 0.191. The fourth-order valence-electron chi connectivity index (χ4n) is 2.92. The molecule has 0 fully saturated rings. The summed E-state index contributed by atoms with van der Waals surface area (Å²) < 4.78 is 1.95. The van der Waals surface area contributed by atoms with E-state index in [0.29, 0.717) is 11.8 Å². The Kier molecular flexibility index (Phi) is 6.70. The number of aryl methyl sites for hydroxylation is 2. The number of aromatic nitrogens is 3. The monoisotopic (exact) mass is 448 g/mol. The first-order valence-corrected chi connectivity index (χ1v) is 10.9. The molecule has 0 radical (unpaired) electrons. The molecule has 4 rings (SSSR count). The van der Waals surface area contributed by atoms with Crippen LogP contribution in [0, 0.1) is 13.8 Å². The molecule has 156 valence electrons. The van der Waals surface area contributed by atoms with Gasteiger partial charge < -0.3 is 4.84 Å². The maximum Gasteiger partial charge on any atom is 0.143 e. The molecule has 0 N–H and O–H groups in total. The summed E-state index contributed by atoms with van der Waals surface area (Å²) in [6.45, 7) is 4.37. The van der Waals surface area contributed by atoms with Crippen molar-refractivity contribution in [3.05, 3.63) is 100 Å². The molecule has 0 spiro atoms. The highest BCUT2D eigenvalue weighted by Crippen LogP contribution is 2.33. The van der Waals surface area contributed by atoms with Gasteiger partial charge >= 0.3 is 0 Å². The molecule has 2 heterocycles. The third-order valence-electron chi connectivity index (χ3n) is 4.58. The molecule has 2 aromatic carbocycles. The predicted molar refractivity (Wildman–Crippen MR) is 125 cm³/mol. The summed E-state index contributed by atoms with van der Waals surface area (Å²) >= 11 is 7.47. The van der Waals surface area contributed by atoms with E-state index < -0.39 is 0 Å². The average molecular weight is 449 g/mol. The van der Waals surface area contributed by atoms with Gasteiger partial charge in [-0.3, -0.25) is 0 Å². The van der Waals surface area contributed by atoms with Gasteiger partial charge in [0.15, 0.2) is 0 Å². The standard InChI is InChI=1S/C24H21ClN4OS/c1-17-8-11-21(12-9-17)31-24-22(15-27-30-16-19-10-13-23(25)26-14-19)18(2)28-29(24)20-6-4-3-5-7-20/h3-15H,16H2,1-2H3/b27-15-. The smallest absolute Gasteiger partial charge is 0.143 e. The Hall–Kier alpha value is -3.09. The molecule has 0 saturated carbocycles. The number of hydrogen-bond donors (Lipinski definition) is 0. The minimum absolute atomic E-state index is 0.312. The molecule has 0 amide bonds. The molecule has 31 heavy (non-hydrogen) atoms. The van der Waals surface area contributed by atoms with Crippen LogP contribution in [-0.4, -0.2) is 21.0 Å². The molecule has 0 aliphatic carbocycles. The summed E-state index contributed by atoms with van der Waals surface area (Å²) in [5, 5.41) is 10.4. The zero-order valence-corrected chi connectivity index (χ0v) is 18.8. The highest BCUT2D eigenvalue weighted by Gasteiger charge is 2.17. The normalized spacial score (nSPS) is 11.2. The highest BCUT2D eigenvalue weighted by atomic mass is 35.5. The molecule has 2 aromatic heterocycles. The minimum atomic E-state index is 0.312. The van der Waals surface area contributed by atoms with Crippen LogP contribution in [0.15, 0.2) is 88.0 Å². The number of halogens is 1. The van der Waals surface area contributed by atoms with Crippen LogP contribution in [0.1, 0.15) is 22.4 Å². The summed E-state index contributed by atoms with van der Waals surface area (Å²) in [5.74, 6) is 0. The van der Waals surface area contributed by atoms with Crippen molar-refractivity contribution in [1.29, 1.82) is 0 Å². The van der Waals surface area contributed by atoms with Crippen LogP contribution in [0.4, 0.5) is 0 Å². The number of pyridine rings is 1. The molecule has 0 aliphatic heterocycles. The molecular formula is C24H21ClN4OS. The highest BCUT2D eigenvalue weighted by molar-refractivity contribution is 7.99. The number of benzene rings is 2. The van der Waals surface area contributed by atoms with Crippen LogP contribution in [0.5, 0.6) is 0 Å². The first-order chi connectivity index (χ1) is 15.1. The Morgan fingerprint density at radius 2 is 1.81 bits per heavy atom. The van der Waals surface area contributed by atoms with Crippen LogP contribution < -0.4 is 0 Å². The fourth-order valence-corrected chi connectivity index (χ4v) is 4.07. The Balaban J connectivity index is 1.61. The van der Waals surface area contributed by atoms with Crippen molar-refractivity contribution in [2.24, 2.45) is 5.16 Å². The lowest BCUT2D eigenvalue weighted by Crippen LogP contribution is -1.98. The van der Waals surface area contributed by atoms with E-state index in [1.54, 1.807) is 30.2 Å². The van der Waals surface area contributed by atoms with Crippen molar-refractivity contribution < 1.29 is 4.84 Å². The molecule has 0 saturated heterocycles. The number of oxime groups is 1. The SMILES string of the molecule is Cc1ccc(Sc2c(/C=N\OCc3ccc(Cl)nc3)c(C)nn2-c2ccccc2)cc1. The number of hydrogen-bond acceptors (Lipinski definition) is 5. The zero-order chi connectivity index (χ0) is 21.6. The Morgan fingerprint density at radius 1 is 1.03 bits per heavy atom. The van der Waals surface area contributed by atoms with Crippen molar-refractivity contribution in [3.63, 3.8) is 0 Å². The molecule has 5 nitrogen and oxygen atoms in total. The van der Waals surface area contributed by atoms with Crippen molar-refractivity contribution in [2.75, 3.05) is 0 Å². The van der Waals surface area contributed by atoms with E-state index >= 15 is 0 Å². The van der Waals surface area contributed by atoms with Gasteiger partial charge in [-0.05, 0) is 44.2 Å². The lowest BCUT2D eigenvalue weighted by atomic mass is 10.2. The largest absolute Gasteiger partial charge is 0.391 e. The van der Waals surface area contributed by atoms with Gasteiger partial charge in [0.25, 0.3) is 0 Å². The summed E-state index contributed by atoms with van der Waals surface area (Å²) in [6, 6.07) is 22.1. The van der Waals surface area contributed by atoms with E-state index in [2.05, 4.69) is 41.3 Å². The summed E-state index contributed by atoms with van der Waals surface area (Å²) in [4.78, 5) is 10.7. The summed E-state index contributed by atoms with van der Waals surface area (Å²) in [5.41, 5.74) is 4.91. The average Bonchev–Trinajstić information content (AvgIpc) is 3.10. The molecular weight excluding hydrogens is 428 g/mol. The van der Waals surface area contributed by atoms with E-state index in [1.165, 1.54) is 5.56 Å². The van der Waals surface area contributed by atoms with Gasteiger partial charge in [0.2, 0.25) is 0 Å². The second-order valence-corrected chi connectivity index (χ2v) is 8.41. The van der Waals surface area contributed by atoms with Crippen LogP contribution in [0.25, 0.3) is 5.69 Å². The summed E-state index contributed by atoms with van der Waals surface area (Å²) in [6.07, 6.45) is 3.40. The van der Waals surface area contributed by atoms with Gasteiger partial charge in [0.05, 0.1) is 23.2 Å². The van der Waals surface area contributed by atoms with Crippen molar-refractivity contribution >= 4 is 29.6 Å². The van der Waals surface area contributed by atoms with E-state index in [1.807, 2.05) is 48.0 Å². The van der Waals surface area contributed by atoms with E-state index in [9.17, 15) is 0 Å². The van der Waals surface area contributed by atoms with Crippen LogP contribution in [0.2, 0.25) is 5.15 Å². The second-order valence-electron chi connectivity index (χ2n) is 6.96. The number of para-hydroxylation sites is 1. The first kappa shape index (κ1) is 21.2. The number of rotatable bonds is 7. The van der Waals surface area contributed by atoms with E-state index in [4.69, 9.17) is 21.5 Å². The first-order valence-electron chi connectivity index (χ1n) is 9.75. The zero-order valence-electron chi connectivity index (χ0n) is 17.2. The van der Waals surface area contributed by atoms with Gasteiger partial charge in [-0.25, -0.2) is 9.67 Å². The molecule has 0 atom stereocenters. The minimum Gasteiger partial charge on any atom is -0.391 e. The third-order valence-corrected chi connectivity index (χ3v) is 5.89. The van der Waals surface area contributed by atoms with Crippen molar-refractivity contribution in [1.82, 2.24) is 14.8 Å². The maximum absolute atomic E-state index is 5.82. The van der Waals surface area contributed by atoms with Gasteiger partial charge in [-0.1, -0.05) is 70.5 Å². The second kappa shape index (κ2) is 9.81. The Morgan fingerprint density at radius 3 is 2.52 bits per heavy atom. The predicted octanol–water partition coefficient (Wildman–Crippen LogP) is 6.24. The fraction of sp³-hybridized carbons (Fsp3) is 0.125. The van der Waals surface area contributed by atoms with E-state index in [0.717, 1.165) is 32.4 Å². The topological polar surface area (TPSA) is 52.3 Å². The lowest BCUT2D eigenvalue weighted by Gasteiger charge is -2.08. The Labute approximate surface area is 190 Å².